The molecule has 1 aliphatic heterocycles. The predicted molar refractivity (Wildman–Crippen MR) is 100 cm³/mol. The van der Waals surface area contributed by atoms with Crippen molar-refractivity contribution < 1.29 is 24.9 Å². The van der Waals surface area contributed by atoms with Crippen LogP contribution in [0.2, 0.25) is 0 Å². The molecule has 0 amide bonds. The minimum absolute atomic E-state index is 0.173. The zero-order valence-corrected chi connectivity index (χ0v) is 15.8. The standard InChI is InChI=1S/C18H27N5O5/c1-2-3-4-5-6-7-10(24)12(25)15-13(26)14(27)18(28-15)23-9-22-11-16(19)20-8-21-17(11)23/h8-9,12-15,18,25-27H,2-7H2,1H3,(H2,19,20,21)/t12?,13-,14+,15+,18+/m0/s1. The van der Waals surface area contributed by atoms with Gasteiger partial charge in [0.15, 0.2) is 23.5 Å². The largest absolute Gasteiger partial charge is 0.387 e. The van der Waals surface area contributed by atoms with E-state index in [1.807, 2.05) is 0 Å². The number of nitrogens with two attached hydrogens (primary N) is 1. The fraction of sp³-hybridized carbons (Fsp3) is 0.667. The lowest BCUT2D eigenvalue weighted by atomic mass is 9.99. The summed E-state index contributed by atoms with van der Waals surface area (Å²) >= 11 is 0. The smallest absolute Gasteiger partial charge is 0.167 e. The highest BCUT2D eigenvalue weighted by molar-refractivity contribution is 5.83. The maximum absolute atomic E-state index is 12.3. The summed E-state index contributed by atoms with van der Waals surface area (Å²) in [5.74, 6) is -0.234. The number of Topliss-reactive ketones (excluding diaryl/α,β-unsaturated/α-hetero) is 1. The Morgan fingerprint density at radius 2 is 1.96 bits per heavy atom. The Balaban J connectivity index is 1.68. The van der Waals surface area contributed by atoms with Crippen molar-refractivity contribution in [1.82, 2.24) is 19.5 Å². The van der Waals surface area contributed by atoms with Gasteiger partial charge in [0.05, 0.1) is 6.33 Å². The average Bonchev–Trinajstić information content (AvgIpc) is 3.23. The van der Waals surface area contributed by atoms with Crippen LogP contribution >= 0.6 is 0 Å². The molecule has 2 aromatic heterocycles. The zero-order valence-electron chi connectivity index (χ0n) is 15.8. The van der Waals surface area contributed by atoms with Gasteiger partial charge in [0, 0.05) is 6.42 Å². The summed E-state index contributed by atoms with van der Waals surface area (Å²) in [5, 5.41) is 31.1. The van der Waals surface area contributed by atoms with E-state index in [0.29, 0.717) is 17.6 Å². The number of aliphatic hydroxyl groups excluding tert-OH is 3. The van der Waals surface area contributed by atoms with Gasteiger partial charge in [-0.25, -0.2) is 15.0 Å². The molecule has 10 heteroatoms. The third kappa shape index (κ3) is 4.00. The second-order valence-corrected chi connectivity index (χ2v) is 7.13. The summed E-state index contributed by atoms with van der Waals surface area (Å²) in [7, 11) is 0. The molecule has 1 saturated heterocycles. The molecule has 1 fully saturated rings. The first-order chi connectivity index (χ1) is 13.5. The number of rotatable bonds is 9. The number of ketones is 1. The number of hydrogen-bond donors (Lipinski definition) is 4. The van der Waals surface area contributed by atoms with Crippen LogP contribution in [-0.2, 0) is 9.53 Å². The monoisotopic (exact) mass is 393 g/mol. The fourth-order valence-electron chi connectivity index (χ4n) is 3.47. The Morgan fingerprint density at radius 3 is 2.71 bits per heavy atom. The van der Waals surface area contributed by atoms with E-state index in [2.05, 4.69) is 21.9 Å². The van der Waals surface area contributed by atoms with Gasteiger partial charge in [0.2, 0.25) is 0 Å². The summed E-state index contributed by atoms with van der Waals surface area (Å²) in [6.45, 7) is 2.11. The van der Waals surface area contributed by atoms with Crippen LogP contribution in [0.1, 0.15) is 51.7 Å². The van der Waals surface area contributed by atoms with Crippen molar-refractivity contribution >= 4 is 22.8 Å². The number of carbonyl (C=O) groups excluding carboxylic acids is 1. The molecule has 154 valence electrons. The number of hydrogen-bond acceptors (Lipinski definition) is 9. The molecule has 1 unspecified atom stereocenters. The zero-order chi connectivity index (χ0) is 20.3. The molecule has 0 bridgehead atoms. The second kappa shape index (κ2) is 8.91. The summed E-state index contributed by atoms with van der Waals surface area (Å²) < 4.78 is 7.06. The number of unbranched alkanes of at least 4 members (excludes halogenated alkanes) is 4. The van der Waals surface area contributed by atoms with Crippen LogP contribution in [0, 0.1) is 0 Å². The van der Waals surface area contributed by atoms with Gasteiger partial charge in [-0.3, -0.25) is 9.36 Å². The fourth-order valence-corrected chi connectivity index (χ4v) is 3.47. The Hall–Kier alpha value is -2.14. The number of ether oxygens (including phenoxy) is 1. The molecule has 3 rings (SSSR count). The number of aliphatic hydroxyl groups is 3. The van der Waals surface area contributed by atoms with Crippen molar-refractivity contribution in [2.75, 3.05) is 5.73 Å². The number of nitrogen functional groups attached to an aromatic ring is 1. The Bertz CT molecular complexity index is 813. The van der Waals surface area contributed by atoms with Crippen molar-refractivity contribution in [3.05, 3.63) is 12.7 Å². The molecule has 5 N–H and O–H groups in total. The highest BCUT2D eigenvalue weighted by Gasteiger charge is 2.48. The molecule has 5 atom stereocenters. The van der Waals surface area contributed by atoms with E-state index in [-0.39, 0.29) is 12.2 Å². The summed E-state index contributed by atoms with van der Waals surface area (Å²) in [6.07, 6.45) is 1.05. The van der Waals surface area contributed by atoms with Crippen LogP contribution in [0.3, 0.4) is 0 Å². The van der Waals surface area contributed by atoms with E-state index in [1.165, 1.54) is 17.2 Å². The highest BCUT2D eigenvalue weighted by Crippen LogP contribution is 2.33. The van der Waals surface area contributed by atoms with Crippen molar-refractivity contribution in [3.8, 4) is 0 Å². The molecule has 0 aromatic carbocycles. The molecule has 0 radical (unpaired) electrons. The molecule has 1 aliphatic rings. The number of aromatic nitrogens is 4. The summed E-state index contributed by atoms with van der Waals surface area (Å²) in [4.78, 5) is 24.3. The SMILES string of the molecule is CCCCCCCC(=O)C(O)[C@H]1O[C@@H](n2cnc3c(N)ncnc32)[C@H](O)[C@@H]1O. The lowest BCUT2D eigenvalue weighted by Crippen LogP contribution is -2.42. The van der Waals surface area contributed by atoms with E-state index in [4.69, 9.17) is 10.5 Å². The van der Waals surface area contributed by atoms with E-state index in [1.54, 1.807) is 0 Å². The Morgan fingerprint density at radius 1 is 1.21 bits per heavy atom. The third-order valence-electron chi connectivity index (χ3n) is 5.10. The molecular weight excluding hydrogens is 366 g/mol. The molecule has 10 nitrogen and oxygen atoms in total. The number of anilines is 1. The normalized spacial score (nSPS) is 26.0. The number of fused-ring (bicyclic) bond motifs is 1. The third-order valence-corrected chi connectivity index (χ3v) is 5.10. The Labute approximate surface area is 162 Å². The first kappa shape index (κ1) is 20.6. The number of imidazole rings is 1. The van der Waals surface area contributed by atoms with Gasteiger partial charge in [-0.1, -0.05) is 32.6 Å². The molecule has 28 heavy (non-hydrogen) atoms. The Kier molecular flexibility index (Phi) is 6.55. The van der Waals surface area contributed by atoms with Crippen LogP contribution in [0.15, 0.2) is 12.7 Å². The van der Waals surface area contributed by atoms with Crippen LogP contribution in [0.4, 0.5) is 5.82 Å². The van der Waals surface area contributed by atoms with Crippen molar-refractivity contribution in [3.63, 3.8) is 0 Å². The van der Waals surface area contributed by atoms with Gasteiger partial charge in [-0.05, 0) is 6.42 Å². The van der Waals surface area contributed by atoms with Gasteiger partial charge < -0.3 is 25.8 Å². The molecule has 2 aromatic rings. The topological polar surface area (TPSA) is 157 Å². The van der Waals surface area contributed by atoms with Crippen LogP contribution in [-0.4, -0.2) is 65.0 Å². The highest BCUT2D eigenvalue weighted by atomic mass is 16.6. The molecular formula is C18H27N5O5. The summed E-state index contributed by atoms with van der Waals surface area (Å²) in [5.41, 5.74) is 6.41. The lowest BCUT2D eigenvalue weighted by Gasteiger charge is -2.20. The average molecular weight is 393 g/mol. The van der Waals surface area contributed by atoms with Crippen LogP contribution in [0.5, 0.6) is 0 Å². The predicted octanol–water partition coefficient (Wildman–Crippen LogP) is 0.318. The molecule has 0 spiro atoms. The second-order valence-electron chi connectivity index (χ2n) is 7.13. The minimum Gasteiger partial charge on any atom is -0.387 e. The van der Waals surface area contributed by atoms with Gasteiger partial charge in [0.25, 0.3) is 0 Å². The van der Waals surface area contributed by atoms with Crippen LogP contribution in [0.25, 0.3) is 11.2 Å². The lowest BCUT2D eigenvalue weighted by molar-refractivity contribution is -0.141. The van der Waals surface area contributed by atoms with Crippen molar-refractivity contribution in [1.29, 1.82) is 0 Å². The maximum Gasteiger partial charge on any atom is 0.167 e. The molecule has 3 heterocycles. The minimum atomic E-state index is -1.52. The molecule has 0 aliphatic carbocycles. The van der Waals surface area contributed by atoms with Gasteiger partial charge in [-0.2, -0.15) is 0 Å². The number of nitrogens with zero attached hydrogens (tertiary/aromatic N) is 4. The first-order valence-electron chi connectivity index (χ1n) is 9.61. The first-order valence-corrected chi connectivity index (χ1v) is 9.61. The number of carbonyl (C=O) groups is 1. The maximum atomic E-state index is 12.3. The van der Waals surface area contributed by atoms with Gasteiger partial charge in [0.1, 0.15) is 36.3 Å². The van der Waals surface area contributed by atoms with E-state index in [9.17, 15) is 20.1 Å². The quantitative estimate of drug-likeness (QED) is 0.440. The van der Waals surface area contributed by atoms with E-state index >= 15 is 0 Å². The van der Waals surface area contributed by atoms with E-state index < -0.39 is 36.4 Å². The molecule has 0 saturated carbocycles. The van der Waals surface area contributed by atoms with Crippen molar-refractivity contribution in [2.24, 2.45) is 0 Å². The van der Waals surface area contributed by atoms with Crippen LogP contribution < -0.4 is 5.73 Å². The van der Waals surface area contributed by atoms with Gasteiger partial charge in [-0.15, -0.1) is 0 Å². The summed E-state index contributed by atoms with van der Waals surface area (Å²) in [6, 6.07) is 0. The van der Waals surface area contributed by atoms with E-state index in [0.717, 1.165) is 25.7 Å². The van der Waals surface area contributed by atoms with Crippen molar-refractivity contribution in [2.45, 2.75) is 76.1 Å². The van der Waals surface area contributed by atoms with Gasteiger partial charge >= 0.3 is 0 Å².